The van der Waals surface area contributed by atoms with Gasteiger partial charge in [-0.05, 0) is 30.3 Å². The predicted molar refractivity (Wildman–Crippen MR) is 92.0 cm³/mol. The summed E-state index contributed by atoms with van der Waals surface area (Å²) in [4.78, 5) is 11.4. The van der Waals surface area contributed by atoms with Gasteiger partial charge in [0.25, 0.3) is 10.0 Å². The van der Waals surface area contributed by atoms with E-state index in [0.29, 0.717) is 11.5 Å². The van der Waals surface area contributed by atoms with Gasteiger partial charge in [0, 0.05) is 19.9 Å². The molecule has 0 amide bonds. The smallest absolute Gasteiger partial charge is 0.341 e. The number of aromatic hydroxyl groups is 1. The lowest BCUT2D eigenvalue weighted by atomic mass is 10.2. The summed E-state index contributed by atoms with van der Waals surface area (Å²) in [7, 11) is -2.87. The summed E-state index contributed by atoms with van der Waals surface area (Å²) in [6.45, 7) is 3.48. The van der Waals surface area contributed by atoms with Gasteiger partial charge in [0.1, 0.15) is 11.3 Å². The Bertz CT molecular complexity index is 983. The zero-order valence-corrected chi connectivity index (χ0v) is 15.1. The van der Waals surface area contributed by atoms with Crippen LogP contribution in [-0.4, -0.2) is 32.4 Å². The third-order valence-corrected chi connectivity index (χ3v) is 4.97. The summed E-state index contributed by atoms with van der Waals surface area (Å²) in [5.41, 5.74) is 0.0144. The van der Waals surface area contributed by atoms with Gasteiger partial charge >= 0.3 is 5.97 Å². The van der Waals surface area contributed by atoms with Crippen molar-refractivity contribution in [3.05, 3.63) is 42.0 Å². The normalized spacial score (nSPS) is 14.7. The number of methoxy groups -OCH3 is 1. The minimum absolute atomic E-state index is 0.200. The van der Waals surface area contributed by atoms with Gasteiger partial charge in [0.15, 0.2) is 11.5 Å². The molecule has 0 radical (unpaired) electrons. The molecule has 0 saturated heterocycles. The van der Waals surface area contributed by atoms with Crippen LogP contribution in [0.4, 0.5) is 5.69 Å². The fourth-order valence-corrected chi connectivity index (χ4v) is 3.53. The highest BCUT2D eigenvalue weighted by molar-refractivity contribution is 7.92. The molecule has 9 heteroatoms. The Labute approximate surface area is 150 Å². The molecule has 3 rings (SSSR count). The van der Waals surface area contributed by atoms with E-state index < -0.39 is 21.8 Å². The summed E-state index contributed by atoms with van der Waals surface area (Å²) in [6, 6.07) is 7.97. The van der Waals surface area contributed by atoms with E-state index in [1.54, 1.807) is 19.9 Å². The van der Waals surface area contributed by atoms with Crippen molar-refractivity contribution >= 4 is 21.7 Å². The van der Waals surface area contributed by atoms with E-state index in [-0.39, 0.29) is 21.9 Å². The number of carbonyl (C=O) groups excluding carboxylic acids is 1. The Morgan fingerprint density at radius 1 is 1.12 bits per heavy atom. The lowest BCUT2D eigenvalue weighted by molar-refractivity contribution is -0.0431. The second kappa shape index (κ2) is 6.10. The molecule has 26 heavy (non-hydrogen) atoms. The SMILES string of the molecule is COC(=O)c1cc(S(=O)(=O)Nc2ccc3c(c2)OC(C)(C)O3)ccc1O. The topological polar surface area (TPSA) is 111 Å². The molecule has 2 aromatic carbocycles. The monoisotopic (exact) mass is 379 g/mol. The number of nitrogens with one attached hydrogen (secondary N) is 1. The van der Waals surface area contributed by atoms with Gasteiger partial charge in [-0.15, -0.1) is 0 Å². The number of benzene rings is 2. The van der Waals surface area contributed by atoms with Gasteiger partial charge in [-0.3, -0.25) is 4.72 Å². The minimum Gasteiger partial charge on any atom is -0.507 e. The highest BCUT2D eigenvalue weighted by Gasteiger charge is 2.32. The number of sulfonamides is 1. The lowest BCUT2D eigenvalue weighted by Gasteiger charge is -2.16. The van der Waals surface area contributed by atoms with Crippen LogP contribution in [0, 0.1) is 0 Å². The highest BCUT2D eigenvalue weighted by atomic mass is 32.2. The Balaban J connectivity index is 1.90. The molecule has 0 unspecified atom stereocenters. The van der Waals surface area contributed by atoms with Crippen molar-refractivity contribution in [3.8, 4) is 17.2 Å². The van der Waals surface area contributed by atoms with E-state index >= 15 is 0 Å². The Morgan fingerprint density at radius 3 is 2.50 bits per heavy atom. The van der Waals surface area contributed by atoms with Crippen LogP contribution in [0.5, 0.6) is 17.2 Å². The fraction of sp³-hybridized carbons (Fsp3) is 0.235. The standard InChI is InChI=1S/C17H17NO7S/c1-17(2)24-14-7-4-10(8-15(14)25-17)18-26(21,22)11-5-6-13(19)12(9-11)16(20)23-3/h4-9,18-19H,1-3H3. The zero-order valence-electron chi connectivity index (χ0n) is 14.3. The molecular formula is C17H17NO7S. The largest absolute Gasteiger partial charge is 0.507 e. The first-order valence-corrected chi connectivity index (χ1v) is 9.06. The number of phenolic OH excluding ortho intramolecular Hbond substituents is 1. The summed E-state index contributed by atoms with van der Waals surface area (Å²) in [5.74, 6) is -1.12. The summed E-state index contributed by atoms with van der Waals surface area (Å²) >= 11 is 0. The third kappa shape index (κ3) is 3.38. The average Bonchev–Trinajstić information content (AvgIpc) is 2.87. The second-order valence-electron chi connectivity index (χ2n) is 6.04. The first-order valence-electron chi connectivity index (χ1n) is 7.57. The van der Waals surface area contributed by atoms with E-state index in [2.05, 4.69) is 9.46 Å². The van der Waals surface area contributed by atoms with Gasteiger partial charge < -0.3 is 19.3 Å². The van der Waals surface area contributed by atoms with Gasteiger partial charge in [-0.25, -0.2) is 13.2 Å². The quantitative estimate of drug-likeness (QED) is 0.785. The molecule has 0 atom stereocenters. The van der Waals surface area contributed by atoms with Crippen molar-refractivity contribution in [1.29, 1.82) is 0 Å². The summed E-state index contributed by atoms with van der Waals surface area (Å²) in [5, 5.41) is 9.70. The number of hydrogen-bond acceptors (Lipinski definition) is 7. The molecule has 138 valence electrons. The molecule has 8 nitrogen and oxygen atoms in total. The maximum Gasteiger partial charge on any atom is 0.341 e. The molecule has 1 heterocycles. The molecule has 0 fully saturated rings. The van der Waals surface area contributed by atoms with Gasteiger partial charge in [-0.2, -0.15) is 0 Å². The number of esters is 1. The van der Waals surface area contributed by atoms with Gasteiger partial charge in [0.2, 0.25) is 5.79 Å². The van der Waals surface area contributed by atoms with E-state index in [0.717, 1.165) is 19.2 Å². The molecule has 1 aliphatic heterocycles. The maximum atomic E-state index is 12.6. The number of ether oxygens (including phenoxy) is 3. The number of carbonyl (C=O) groups is 1. The summed E-state index contributed by atoms with van der Waals surface area (Å²) in [6.07, 6.45) is 0. The molecule has 0 spiro atoms. The van der Waals surface area contributed by atoms with E-state index in [1.165, 1.54) is 18.2 Å². The average molecular weight is 379 g/mol. The molecule has 2 aromatic rings. The molecule has 0 aliphatic carbocycles. The number of hydrogen-bond donors (Lipinski definition) is 2. The van der Waals surface area contributed by atoms with Crippen molar-refractivity contribution in [2.75, 3.05) is 11.8 Å². The number of phenols is 1. The van der Waals surface area contributed by atoms with Crippen molar-refractivity contribution in [2.45, 2.75) is 24.5 Å². The molecule has 2 N–H and O–H groups in total. The molecule has 0 saturated carbocycles. The molecule has 1 aliphatic rings. The van der Waals surface area contributed by atoms with Crippen LogP contribution in [0.25, 0.3) is 0 Å². The van der Waals surface area contributed by atoms with Crippen LogP contribution >= 0.6 is 0 Å². The van der Waals surface area contributed by atoms with Crippen molar-refractivity contribution in [2.24, 2.45) is 0 Å². The third-order valence-electron chi connectivity index (χ3n) is 3.59. The van der Waals surface area contributed by atoms with Crippen LogP contribution in [0.1, 0.15) is 24.2 Å². The fourth-order valence-electron chi connectivity index (χ4n) is 2.46. The van der Waals surface area contributed by atoms with Gasteiger partial charge in [-0.1, -0.05) is 0 Å². The molecule has 0 aromatic heterocycles. The summed E-state index contributed by atoms with van der Waals surface area (Å²) < 4.78 is 43.2. The van der Waals surface area contributed by atoms with E-state index in [9.17, 15) is 18.3 Å². The Hall–Kier alpha value is -2.94. The Morgan fingerprint density at radius 2 is 1.81 bits per heavy atom. The van der Waals surface area contributed by atoms with Crippen LogP contribution in [0.3, 0.4) is 0 Å². The zero-order chi connectivity index (χ0) is 19.1. The molecular weight excluding hydrogens is 362 g/mol. The van der Waals surface area contributed by atoms with Crippen molar-refractivity contribution < 1.29 is 32.5 Å². The first-order chi connectivity index (χ1) is 12.1. The van der Waals surface area contributed by atoms with Crippen molar-refractivity contribution in [1.82, 2.24) is 0 Å². The maximum absolute atomic E-state index is 12.6. The predicted octanol–water partition coefficient (Wildman–Crippen LogP) is 2.49. The van der Waals surface area contributed by atoms with Crippen LogP contribution in [0.15, 0.2) is 41.3 Å². The van der Waals surface area contributed by atoms with Gasteiger partial charge in [0.05, 0.1) is 17.7 Å². The van der Waals surface area contributed by atoms with Crippen LogP contribution in [-0.2, 0) is 14.8 Å². The number of fused-ring (bicyclic) bond motifs is 1. The minimum atomic E-state index is -4.01. The molecule has 0 bridgehead atoms. The Kier molecular flexibility index (Phi) is 4.19. The first kappa shape index (κ1) is 17.9. The number of anilines is 1. The lowest BCUT2D eigenvalue weighted by Crippen LogP contribution is -2.29. The van der Waals surface area contributed by atoms with Crippen molar-refractivity contribution in [3.63, 3.8) is 0 Å². The van der Waals surface area contributed by atoms with E-state index in [1.807, 2.05) is 0 Å². The van der Waals surface area contributed by atoms with Crippen LogP contribution in [0.2, 0.25) is 0 Å². The number of rotatable bonds is 4. The van der Waals surface area contributed by atoms with Crippen LogP contribution < -0.4 is 14.2 Å². The van der Waals surface area contributed by atoms with E-state index in [4.69, 9.17) is 9.47 Å². The second-order valence-corrected chi connectivity index (χ2v) is 7.72. The highest BCUT2D eigenvalue weighted by Crippen LogP contribution is 2.41.